The van der Waals surface area contributed by atoms with E-state index >= 15 is 0 Å². The average molecular weight is 291 g/mol. The molecule has 3 nitrogen and oxygen atoms in total. The molecule has 0 atom stereocenters. The summed E-state index contributed by atoms with van der Waals surface area (Å²) in [7, 11) is -2.97. The third-order valence-corrected chi connectivity index (χ3v) is 4.73. The number of hydrogen-bond acceptors (Lipinski definition) is 3. The second-order valence-electron chi connectivity index (χ2n) is 4.28. The summed E-state index contributed by atoms with van der Waals surface area (Å²) in [5.41, 5.74) is 3.01. The molecule has 5 heteroatoms. The molecule has 102 valence electrons. The number of ether oxygens (including phenoxy) is 1. The zero-order valence-electron chi connectivity index (χ0n) is 11.0. The minimum Gasteiger partial charge on any atom is -0.492 e. The minimum atomic E-state index is -2.97. The van der Waals surface area contributed by atoms with Crippen LogP contribution >= 0.6 is 11.6 Å². The fourth-order valence-corrected chi connectivity index (χ4v) is 2.54. The summed E-state index contributed by atoms with van der Waals surface area (Å²) in [6.07, 6.45) is 0. The largest absolute Gasteiger partial charge is 0.492 e. The molecule has 0 heterocycles. The summed E-state index contributed by atoms with van der Waals surface area (Å²) in [5, 5.41) is 0. The maximum Gasteiger partial charge on any atom is 0.153 e. The molecule has 0 bridgehead atoms. The van der Waals surface area contributed by atoms with Crippen molar-refractivity contribution in [3.63, 3.8) is 0 Å². The average Bonchev–Trinajstić information content (AvgIpc) is 2.32. The first-order valence-electron chi connectivity index (χ1n) is 5.89. The van der Waals surface area contributed by atoms with Crippen LogP contribution in [0.25, 0.3) is 0 Å². The summed E-state index contributed by atoms with van der Waals surface area (Å²) in [6, 6.07) is 3.92. The lowest BCUT2D eigenvalue weighted by molar-refractivity contribution is 0.336. The molecule has 1 aromatic rings. The van der Waals surface area contributed by atoms with E-state index in [1.54, 1.807) is 6.92 Å². The molecule has 0 spiro atoms. The molecule has 0 amide bonds. The van der Waals surface area contributed by atoms with Crippen molar-refractivity contribution >= 4 is 21.4 Å². The van der Waals surface area contributed by atoms with Crippen molar-refractivity contribution in [3.05, 3.63) is 28.8 Å². The number of rotatable bonds is 6. The first-order chi connectivity index (χ1) is 8.39. The molecular weight excluding hydrogens is 272 g/mol. The van der Waals surface area contributed by atoms with Gasteiger partial charge in [-0.3, -0.25) is 0 Å². The Bertz CT molecular complexity index is 486. The second-order valence-corrected chi connectivity index (χ2v) is 7.02. The van der Waals surface area contributed by atoms with Crippen molar-refractivity contribution in [3.8, 4) is 5.75 Å². The van der Waals surface area contributed by atoms with Gasteiger partial charge in [0.2, 0.25) is 0 Å². The third-order valence-electron chi connectivity index (χ3n) is 2.75. The van der Waals surface area contributed by atoms with E-state index < -0.39 is 9.84 Å². The first-order valence-corrected chi connectivity index (χ1v) is 8.24. The third kappa shape index (κ3) is 4.18. The van der Waals surface area contributed by atoms with Crippen molar-refractivity contribution in [2.45, 2.75) is 26.7 Å². The first kappa shape index (κ1) is 15.3. The Morgan fingerprint density at radius 1 is 1.22 bits per heavy atom. The van der Waals surface area contributed by atoms with Gasteiger partial charge in [0, 0.05) is 11.6 Å². The van der Waals surface area contributed by atoms with E-state index in [2.05, 4.69) is 0 Å². The minimum absolute atomic E-state index is 0.0552. The highest BCUT2D eigenvalue weighted by Gasteiger charge is 2.10. The normalized spacial score (nSPS) is 11.6. The summed E-state index contributed by atoms with van der Waals surface area (Å²) in [5.74, 6) is 1.43. The van der Waals surface area contributed by atoms with E-state index in [0.717, 1.165) is 22.4 Å². The highest BCUT2D eigenvalue weighted by atomic mass is 35.5. The number of alkyl halides is 1. The number of aryl methyl sites for hydroxylation is 2. The maximum absolute atomic E-state index is 11.4. The molecule has 1 rings (SSSR count). The molecule has 0 unspecified atom stereocenters. The van der Waals surface area contributed by atoms with Gasteiger partial charge in [0.25, 0.3) is 0 Å². The summed E-state index contributed by atoms with van der Waals surface area (Å²) in [6.45, 7) is 5.71. The highest BCUT2D eigenvalue weighted by molar-refractivity contribution is 7.91. The molecule has 0 aliphatic rings. The zero-order valence-corrected chi connectivity index (χ0v) is 12.6. The number of sulfone groups is 1. The van der Waals surface area contributed by atoms with Gasteiger partial charge in [-0.05, 0) is 30.5 Å². The fraction of sp³-hybridized carbons (Fsp3) is 0.538. The molecule has 0 saturated heterocycles. The fourth-order valence-electron chi connectivity index (χ4n) is 1.76. The predicted octanol–water partition coefficient (Wildman–Crippen LogP) is 2.86. The molecule has 1 aromatic carbocycles. The number of halogens is 1. The molecule has 18 heavy (non-hydrogen) atoms. The van der Waals surface area contributed by atoms with Crippen molar-refractivity contribution in [2.24, 2.45) is 0 Å². The number of hydrogen-bond donors (Lipinski definition) is 0. The molecule has 0 fully saturated rings. The van der Waals surface area contributed by atoms with Gasteiger partial charge in [-0.15, -0.1) is 11.6 Å². The Labute approximate surface area is 114 Å². The monoisotopic (exact) mass is 290 g/mol. The summed E-state index contributed by atoms with van der Waals surface area (Å²) < 4.78 is 28.3. The van der Waals surface area contributed by atoms with Crippen LogP contribution in [0.4, 0.5) is 0 Å². The van der Waals surface area contributed by atoms with Crippen LogP contribution < -0.4 is 4.74 Å². The van der Waals surface area contributed by atoms with E-state index in [0.29, 0.717) is 5.88 Å². The van der Waals surface area contributed by atoms with Gasteiger partial charge in [-0.2, -0.15) is 0 Å². The van der Waals surface area contributed by atoms with E-state index in [4.69, 9.17) is 16.3 Å². The Kier molecular flexibility index (Phi) is 5.47. The van der Waals surface area contributed by atoms with Gasteiger partial charge in [0.15, 0.2) is 9.84 Å². The molecule has 0 saturated carbocycles. The van der Waals surface area contributed by atoms with Crippen molar-refractivity contribution in [1.29, 1.82) is 0 Å². The summed E-state index contributed by atoms with van der Waals surface area (Å²) in [4.78, 5) is 0. The van der Waals surface area contributed by atoms with Crippen LogP contribution in [0.15, 0.2) is 12.1 Å². The van der Waals surface area contributed by atoms with Gasteiger partial charge in [-0.1, -0.05) is 19.1 Å². The topological polar surface area (TPSA) is 43.4 Å². The van der Waals surface area contributed by atoms with Crippen LogP contribution in [-0.4, -0.2) is 26.5 Å². The molecule has 0 radical (unpaired) electrons. The van der Waals surface area contributed by atoms with Gasteiger partial charge in [-0.25, -0.2) is 8.42 Å². The van der Waals surface area contributed by atoms with E-state index in [1.165, 1.54) is 0 Å². The van der Waals surface area contributed by atoms with Crippen LogP contribution in [-0.2, 0) is 15.7 Å². The molecular formula is C13H19ClO3S. The molecule has 0 aromatic heterocycles. The Balaban J connectivity index is 2.74. The second kappa shape index (κ2) is 6.43. The van der Waals surface area contributed by atoms with Gasteiger partial charge < -0.3 is 4.74 Å². The predicted molar refractivity (Wildman–Crippen MR) is 75.3 cm³/mol. The summed E-state index contributed by atoms with van der Waals surface area (Å²) >= 11 is 5.79. The lowest BCUT2D eigenvalue weighted by Crippen LogP contribution is -2.16. The lowest BCUT2D eigenvalue weighted by Gasteiger charge is -2.13. The molecule has 0 aliphatic heterocycles. The van der Waals surface area contributed by atoms with Crippen molar-refractivity contribution in [2.75, 3.05) is 18.1 Å². The van der Waals surface area contributed by atoms with E-state index in [1.807, 2.05) is 26.0 Å². The Morgan fingerprint density at radius 3 is 2.22 bits per heavy atom. The van der Waals surface area contributed by atoms with Gasteiger partial charge in [0.1, 0.15) is 12.4 Å². The molecule has 0 N–H and O–H groups in total. The molecule has 0 aliphatic carbocycles. The van der Waals surface area contributed by atoms with E-state index in [9.17, 15) is 8.42 Å². The SMILES string of the molecule is CCS(=O)(=O)CCOc1c(C)cc(CCl)cc1C. The van der Waals surface area contributed by atoms with Gasteiger partial charge in [0.05, 0.1) is 5.75 Å². The van der Waals surface area contributed by atoms with Crippen molar-refractivity contribution < 1.29 is 13.2 Å². The van der Waals surface area contributed by atoms with Crippen LogP contribution in [0.2, 0.25) is 0 Å². The quantitative estimate of drug-likeness (QED) is 0.757. The van der Waals surface area contributed by atoms with Crippen LogP contribution in [0.5, 0.6) is 5.75 Å². The Morgan fingerprint density at radius 2 is 1.78 bits per heavy atom. The standard InChI is InChI=1S/C13H19ClO3S/c1-4-18(15,16)6-5-17-13-10(2)7-12(9-14)8-11(13)3/h7-8H,4-6,9H2,1-3H3. The van der Waals surface area contributed by atoms with Crippen LogP contribution in [0.3, 0.4) is 0 Å². The smallest absolute Gasteiger partial charge is 0.153 e. The Hall–Kier alpha value is -0.740. The lowest BCUT2D eigenvalue weighted by atomic mass is 10.1. The number of benzene rings is 1. The maximum atomic E-state index is 11.4. The van der Waals surface area contributed by atoms with Crippen LogP contribution in [0, 0.1) is 13.8 Å². The van der Waals surface area contributed by atoms with Crippen molar-refractivity contribution in [1.82, 2.24) is 0 Å². The zero-order chi connectivity index (χ0) is 13.8. The van der Waals surface area contributed by atoms with Crippen LogP contribution in [0.1, 0.15) is 23.6 Å². The highest BCUT2D eigenvalue weighted by Crippen LogP contribution is 2.25. The van der Waals surface area contributed by atoms with E-state index in [-0.39, 0.29) is 18.1 Å². The van der Waals surface area contributed by atoms with Gasteiger partial charge >= 0.3 is 0 Å².